The van der Waals surface area contributed by atoms with Gasteiger partial charge >= 0.3 is 0 Å². The fourth-order valence-corrected chi connectivity index (χ4v) is 1.59. The van der Waals surface area contributed by atoms with Gasteiger partial charge in [0.2, 0.25) is 0 Å². The van der Waals surface area contributed by atoms with Gasteiger partial charge in [0, 0.05) is 12.1 Å². The molecular weight excluding hydrogens is 192 g/mol. The number of ether oxygens (including phenoxy) is 2. The molecule has 0 saturated carbocycles. The third-order valence-electron chi connectivity index (χ3n) is 2.39. The van der Waals surface area contributed by atoms with Gasteiger partial charge in [-0.3, -0.25) is 10.3 Å². The summed E-state index contributed by atoms with van der Waals surface area (Å²) < 4.78 is 10.4. The Hall–Kier alpha value is -1.55. The van der Waals surface area contributed by atoms with Gasteiger partial charge in [-0.1, -0.05) is 0 Å². The summed E-state index contributed by atoms with van der Waals surface area (Å²) >= 11 is 0. The molecule has 1 aliphatic rings. The quantitative estimate of drug-likeness (QED) is 0.804. The van der Waals surface area contributed by atoms with Crippen molar-refractivity contribution in [2.24, 2.45) is 4.99 Å². The van der Waals surface area contributed by atoms with E-state index in [9.17, 15) is 0 Å². The molecule has 4 nitrogen and oxygen atoms in total. The van der Waals surface area contributed by atoms with Gasteiger partial charge < -0.3 is 9.47 Å². The van der Waals surface area contributed by atoms with Crippen molar-refractivity contribution in [1.82, 2.24) is 5.32 Å². The van der Waals surface area contributed by atoms with Crippen LogP contribution >= 0.6 is 0 Å². The molecule has 0 fully saturated rings. The monoisotopic (exact) mass is 206 g/mol. The Morgan fingerprint density at radius 2 is 2.00 bits per heavy atom. The second kappa shape index (κ2) is 4.31. The van der Waals surface area contributed by atoms with Crippen molar-refractivity contribution < 1.29 is 9.47 Å². The molecule has 0 saturated heterocycles. The lowest BCUT2D eigenvalue weighted by atomic mass is 10.1. The van der Waals surface area contributed by atoms with E-state index in [0.717, 1.165) is 29.3 Å². The van der Waals surface area contributed by atoms with E-state index in [1.165, 1.54) is 0 Å². The Balaban J connectivity index is 2.34. The molecule has 0 aromatic heterocycles. The van der Waals surface area contributed by atoms with Crippen LogP contribution in [0.15, 0.2) is 23.2 Å². The van der Waals surface area contributed by atoms with Crippen molar-refractivity contribution in [1.29, 1.82) is 0 Å². The van der Waals surface area contributed by atoms with Crippen molar-refractivity contribution in [3.05, 3.63) is 23.8 Å². The summed E-state index contributed by atoms with van der Waals surface area (Å²) in [6.07, 6.45) is 0. The molecule has 1 aliphatic heterocycles. The molecule has 2 rings (SSSR count). The van der Waals surface area contributed by atoms with Gasteiger partial charge in [-0.15, -0.1) is 0 Å². The zero-order valence-electron chi connectivity index (χ0n) is 8.91. The molecular formula is C11H14N2O2. The molecule has 1 heterocycles. The molecule has 0 atom stereocenters. The topological polar surface area (TPSA) is 42.8 Å². The van der Waals surface area contributed by atoms with Gasteiger partial charge in [-0.2, -0.15) is 0 Å². The molecule has 15 heavy (non-hydrogen) atoms. The predicted molar refractivity (Wildman–Crippen MR) is 59.0 cm³/mol. The maximum atomic E-state index is 5.24. The minimum atomic E-state index is 0.698. The Kier molecular flexibility index (Phi) is 2.87. The Morgan fingerprint density at radius 1 is 1.20 bits per heavy atom. The summed E-state index contributed by atoms with van der Waals surface area (Å²) in [4.78, 5) is 4.35. The number of nitrogens with one attached hydrogen (secondary N) is 1. The maximum Gasteiger partial charge on any atom is 0.161 e. The van der Waals surface area contributed by atoms with E-state index in [-0.39, 0.29) is 0 Å². The first kappa shape index (κ1) is 9.98. The summed E-state index contributed by atoms with van der Waals surface area (Å²) in [6, 6.07) is 5.84. The van der Waals surface area contributed by atoms with Crippen molar-refractivity contribution >= 4 is 5.71 Å². The molecule has 80 valence electrons. The van der Waals surface area contributed by atoms with Crippen molar-refractivity contribution in [2.45, 2.75) is 0 Å². The molecule has 1 aromatic rings. The molecule has 1 aromatic carbocycles. The molecule has 0 radical (unpaired) electrons. The highest BCUT2D eigenvalue weighted by Crippen LogP contribution is 2.27. The van der Waals surface area contributed by atoms with Crippen LogP contribution < -0.4 is 14.8 Å². The summed E-state index contributed by atoms with van der Waals surface area (Å²) in [5.41, 5.74) is 2.15. The molecule has 0 unspecified atom stereocenters. The minimum Gasteiger partial charge on any atom is -0.493 e. The SMILES string of the molecule is COc1ccc(C2=NCNC2)cc1OC. The van der Waals surface area contributed by atoms with Crippen LogP contribution in [0.4, 0.5) is 0 Å². The minimum absolute atomic E-state index is 0.698. The highest BCUT2D eigenvalue weighted by Gasteiger charge is 2.11. The first-order valence-electron chi connectivity index (χ1n) is 4.81. The van der Waals surface area contributed by atoms with Crippen molar-refractivity contribution in [3.63, 3.8) is 0 Å². The summed E-state index contributed by atoms with van der Waals surface area (Å²) in [5.74, 6) is 1.48. The summed E-state index contributed by atoms with van der Waals surface area (Å²) in [6.45, 7) is 1.51. The Morgan fingerprint density at radius 3 is 2.60 bits per heavy atom. The zero-order chi connectivity index (χ0) is 10.7. The van der Waals surface area contributed by atoms with Gasteiger partial charge in [0.25, 0.3) is 0 Å². The van der Waals surface area contributed by atoms with Gasteiger partial charge in [0.05, 0.1) is 26.6 Å². The molecule has 0 aliphatic carbocycles. The highest BCUT2D eigenvalue weighted by atomic mass is 16.5. The third kappa shape index (κ3) is 1.94. The first-order chi connectivity index (χ1) is 7.35. The number of benzene rings is 1. The molecule has 0 bridgehead atoms. The first-order valence-corrected chi connectivity index (χ1v) is 4.81. The van der Waals surface area contributed by atoms with Crippen LogP contribution in [0.25, 0.3) is 0 Å². The third-order valence-corrected chi connectivity index (χ3v) is 2.39. The average molecular weight is 206 g/mol. The van der Waals surface area contributed by atoms with Crippen molar-refractivity contribution in [3.8, 4) is 11.5 Å². The van der Waals surface area contributed by atoms with Gasteiger partial charge in [-0.25, -0.2) is 0 Å². The van der Waals surface area contributed by atoms with Crippen molar-refractivity contribution in [2.75, 3.05) is 27.4 Å². The zero-order valence-corrected chi connectivity index (χ0v) is 8.91. The van der Waals surface area contributed by atoms with E-state index in [4.69, 9.17) is 9.47 Å². The number of nitrogens with zero attached hydrogens (tertiary/aromatic N) is 1. The van der Waals surface area contributed by atoms with Crippen LogP contribution in [0.3, 0.4) is 0 Å². The summed E-state index contributed by atoms with van der Waals surface area (Å²) in [5, 5.41) is 3.16. The van der Waals surface area contributed by atoms with E-state index in [1.807, 2.05) is 18.2 Å². The van der Waals surface area contributed by atoms with Crippen LogP contribution in [-0.2, 0) is 0 Å². The molecule has 0 spiro atoms. The fourth-order valence-electron chi connectivity index (χ4n) is 1.59. The van der Waals surface area contributed by atoms with Crippen LogP contribution in [0.2, 0.25) is 0 Å². The number of hydrogen-bond donors (Lipinski definition) is 1. The molecule has 0 amide bonds. The second-order valence-corrected chi connectivity index (χ2v) is 3.26. The van der Waals surface area contributed by atoms with Crippen LogP contribution in [0.1, 0.15) is 5.56 Å². The number of methoxy groups -OCH3 is 2. The maximum absolute atomic E-state index is 5.24. The number of rotatable bonds is 3. The second-order valence-electron chi connectivity index (χ2n) is 3.26. The Bertz CT molecular complexity index is 388. The fraction of sp³-hybridized carbons (Fsp3) is 0.364. The smallest absolute Gasteiger partial charge is 0.161 e. The van der Waals surface area contributed by atoms with Crippen LogP contribution in [0, 0.1) is 0 Å². The highest BCUT2D eigenvalue weighted by molar-refractivity contribution is 6.03. The largest absolute Gasteiger partial charge is 0.493 e. The van der Waals surface area contributed by atoms with Gasteiger partial charge in [0.1, 0.15) is 0 Å². The van der Waals surface area contributed by atoms with E-state index in [2.05, 4.69) is 10.3 Å². The van der Waals surface area contributed by atoms with Gasteiger partial charge in [-0.05, 0) is 18.2 Å². The van der Waals surface area contributed by atoms with Crippen LogP contribution in [0.5, 0.6) is 11.5 Å². The lowest BCUT2D eigenvalue weighted by Crippen LogP contribution is -2.14. The molecule has 1 N–H and O–H groups in total. The lowest BCUT2D eigenvalue weighted by Gasteiger charge is -2.09. The standard InChI is InChI=1S/C11H14N2O2/c1-14-10-4-3-8(5-11(10)15-2)9-6-12-7-13-9/h3-5,12H,6-7H2,1-2H3. The molecule has 4 heteroatoms. The number of aliphatic imine (C=N–C) groups is 1. The normalized spacial score (nSPS) is 14.9. The predicted octanol–water partition coefficient (Wildman–Crippen LogP) is 1.05. The van der Waals surface area contributed by atoms with Crippen LogP contribution in [-0.4, -0.2) is 33.1 Å². The van der Waals surface area contributed by atoms with E-state index in [0.29, 0.717) is 6.67 Å². The van der Waals surface area contributed by atoms with E-state index >= 15 is 0 Å². The van der Waals surface area contributed by atoms with E-state index in [1.54, 1.807) is 14.2 Å². The van der Waals surface area contributed by atoms with Gasteiger partial charge in [0.15, 0.2) is 11.5 Å². The van der Waals surface area contributed by atoms with E-state index < -0.39 is 0 Å². The lowest BCUT2D eigenvalue weighted by molar-refractivity contribution is 0.355. The summed E-state index contributed by atoms with van der Waals surface area (Å²) in [7, 11) is 3.27. The Labute approximate surface area is 88.9 Å². The number of hydrogen-bond acceptors (Lipinski definition) is 4. The average Bonchev–Trinajstić information content (AvgIpc) is 2.81.